The molecule has 1 unspecified atom stereocenters. The highest BCUT2D eigenvalue weighted by atomic mass is 19.1. The highest BCUT2D eigenvalue weighted by Gasteiger charge is 2.34. The number of carbonyl (C=O) groups excluding carboxylic acids is 1. The molecule has 162 valence electrons. The molecule has 1 amide bonds. The summed E-state index contributed by atoms with van der Waals surface area (Å²) in [7, 11) is 1.78. The third-order valence-electron chi connectivity index (χ3n) is 5.44. The number of ether oxygens (including phenoxy) is 1. The number of aliphatic hydroxyl groups is 1. The average Bonchev–Trinajstić information content (AvgIpc) is 3.49. The Hall–Kier alpha value is -3.54. The zero-order chi connectivity index (χ0) is 21.7. The van der Waals surface area contributed by atoms with Gasteiger partial charge in [-0.1, -0.05) is 4.80 Å². The van der Waals surface area contributed by atoms with Crippen LogP contribution in [0.1, 0.15) is 18.3 Å². The topological polar surface area (TPSA) is 116 Å². The second kappa shape index (κ2) is 7.30. The second-order valence-electron chi connectivity index (χ2n) is 7.52. The van der Waals surface area contributed by atoms with Crippen molar-refractivity contribution in [2.45, 2.75) is 32.7 Å². The number of halogens is 1. The Morgan fingerprint density at radius 3 is 2.90 bits per heavy atom. The lowest BCUT2D eigenvalue weighted by Gasteiger charge is -2.14. The summed E-state index contributed by atoms with van der Waals surface area (Å²) in [6, 6.07) is 4.51. The number of nitrogens with zero attached hydrogens (tertiary/aromatic N) is 7. The first-order valence-corrected chi connectivity index (χ1v) is 10.00. The van der Waals surface area contributed by atoms with Gasteiger partial charge in [0, 0.05) is 5.21 Å². The van der Waals surface area contributed by atoms with Crippen LogP contribution >= 0.6 is 0 Å². The van der Waals surface area contributed by atoms with Gasteiger partial charge < -0.3 is 14.8 Å². The number of aryl methyl sites for hydroxylation is 2. The summed E-state index contributed by atoms with van der Waals surface area (Å²) in [6.07, 6.45) is -1.21. The van der Waals surface area contributed by atoms with Crippen molar-refractivity contribution in [1.29, 1.82) is 0 Å². The number of fused-ring (bicyclic) bond motifs is 1. The number of amides is 1. The van der Waals surface area contributed by atoms with Crippen LogP contribution in [-0.2, 0) is 31.4 Å². The quantitative estimate of drug-likeness (QED) is 0.567. The van der Waals surface area contributed by atoms with Crippen molar-refractivity contribution in [3.05, 3.63) is 35.4 Å². The first kappa shape index (κ1) is 19.4. The fourth-order valence-corrected chi connectivity index (χ4v) is 3.92. The zero-order valence-corrected chi connectivity index (χ0v) is 17.1. The highest BCUT2D eigenvalue weighted by molar-refractivity contribution is 5.90. The van der Waals surface area contributed by atoms with E-state index < -0.39 is 18.0 Å². The van der Waals surface area contributed by atoms with Crippen LogP contribution in [0.4, 0.5) is 20.8 Å². The van der Waals surface area contributed by atoms with Crippen molar-refractivity contribution in [1.82, 2.24) is 25.1 Å². The molecule has 1 aromatic carbocycles. The predicted octanol–water partition coefficient (Wildman–Crippen LogP) is 0.489. The number of H-pyrrole nitrogens is 1. The van der Waals surface area contributed by atoms with Gasteiger partial charge in [-0.25, -0.2) is 14.2 Å². The van der Waals surface area contributed by atoms with Gasteiger partial charge in [0.15, 0.2) is 0 Å². The first-order valence-electron chi connectivity index (χ1n) is 10.00. The van der Waals surface area contributed by atoms with Crippen LogP contribution in [0.15, 0.2) is 18.2 Å². The largest absolute Gasteiger partial charge is 0.441 e. The molecule has 2 N–H and O–H groups in total. The molecule has 0 spiro atoms. The molecule has 5 rings (SSSR count). The Bertz CT molecular complexity index is 1140. The Kier molecular flexibility index (Phi) is 4.58. The van der Waals surface area contributed by atoms with Crippen molar-refractivity contribution < 1.29 is 23.7 Å². The average molecular weight is 429 g/mol. The number of imidazole rings is 1. The molecule has 11 nitrogen and oxygen atoms in total. The standard InChI is InChI=1S/C19H22FN8O3/c1-3-28-18(23-25(2)24-28)26-8-15-16(9-26)22-17(21-15)13-5-4-11(6-14(13)20)27-7-12(10-29)31-19(27)30/h4-6,12,29H,3,7-10H2,1-2H3,(H,21,22)/q+1. The molecule has 31 heavy (non-hydrogen) atoms. The number of hydrogen-bond donors (Lipinski definition) is 2. The fraction of sp³-hybridized carbons (Fsp3) is 0.421. The minimum absolute atomic E-state index is 0.180. The number of hydrogen-bond acceptors (Lipinski definition) is 7. The van der Waals surface area contributed by atoms with E-state index in [1.54, 1.807) is 19.2 Å². The maximum atomic E-state index is 14.9. The van der Waals surface area contributed by atoms with Crippen LogP contribution in [0.25, 0.3) is 11.4 Å². The number of tetrazole rings is 1. The lowest BCUT2D eigenvalue weighted by Crippen LogP contribution is -2.41. The van der Waals surface area contributed by atoms with Crippen LogP contribution in [0.5, 0.6) is 0 Å². The van der Waals surface area contributed by atoms with Crippen molar-refractivity contribution in [3.8, 4) is 11.4 Å². The smallest absolute Gasteiger partial charge is 0.414 e. The van der Waals surface area contributed by atoms with Gasteiger partial charge in [0.05, 0.1) is 54.0 Å². The van der Waals surface area contributed by atoms with Gasteiger partial charge in [0.1, 0.15) is 31.3 Å². The number of rotatable bonds is 5. The van der Waals surface area contributed by atoms with Crippen molar-refractivity contribution in [2.75, 3.05) is 23.0 Å². The van der Waals surface area contributed by atoms with Gasteiger partial charge in [-0.2, -0.15) is 0 Å². The molecule has 0 saturated carbocycles. The van der Waals surface area contributed by atoms with Gasteiger partial charge in [-0.15, -0.1) is 4.68 Å². The van der Waals surface area contributed by atoms with Gasteiger partial charge in [-0.3, -0.25) is 9.80 Å². The van der Waals surface area contributed by atoms with E-state index in [9.17, 15) is 14.3 Å². The lowest BCUT2D eigenvalue weighted by molar-refractivity contribution is -0.741. The summed E-state index contributed by atoms with van der Waals surface area (Å²) in [6.45, 7) is 3.73. The first-order chi connectivity index (χ1) is 15.0. The highest BCUT2D eigenvalue weighted by Crippen LogP contribution is 2.31. The number of aromatic amines is 1. The third-order valence-corrected chi connectivity index (χ3v) is 5.44. The molecule has 0 radical (unpaired) electrons. The third kappa shape index (κ3) is 3.28. The number of aromatic nitrogens is 6. The molecular formula is C19H22FN8O3+. The van der Waals surface area contributed by atoms with E-state index in [0.717, 1.165) is 17.3 Å². The molecule has 1 atom stereocenters. The summed E-state index contributed by atoms with van der Waals surface area (Å²) in [4.78, 5) is 24.6. The van der Waals surface area contributed by atoms with E-state index in [4.69, 9.17) is 4.74 Å². The molecule has 0 aliphatic carbocycles. The van der Waals surface area contributed by atoms with Gasteiger partial charge in [-0.05, 0) is 25.1 Å². The second-order valence-corrected chi connectivity index (χ2v) is 7.52. The summed E-state index contributed by atoms with van der Waals surface area (Å²) < 4.78 is 21.7. The molecule has 12 heteroatoms. The predicted molar refractivity (Wildman–Crippen MR) is 105 cm³/mol. The lowest BCUT2D eigenvalue weighted by atomic mass is 10.1. The van der Waals surface area contributed by atoms with Crippen molar-refractivity contribution in [3.63, 3.8) is 0 Å². The van der Waals surface area contributed by atoms with E-state index in [-0.39, 0.29) is 13.2 Å². The summed E-state index contributed by atoms with van der Waals surface area (Å²) in [5.74, 6) is 0.695. The number of anilines is 2. The van der Waals surface area contributed by atoms with Crippen LogP contribution < -0.4 is 14.5 Å². The molecule has 0 bridgehead atoms. The molecule has 1 fully saturated rings. The Morgan fingerprint density at radius 1 is 1.39 bits per heavy atom. The van der Waals surface area contributed by atoms with Gasteiger partial charge >= 0.3 is 12.0 Å². The zero-order valence-electron chi connectivity index (χ0n) is 17.1. The molecule has 4 heterocycles. The molecular weight excluding hydrogens is 407 g/mol. The fourth-order valence-electron chi connectivity index (χ4n) is 3.92. The normalized spacial score (nSPS) is 18.1. The Morgan fingerprint density at radius 2 is 2.23 bits per heavy atom. The van der Waals surface area contributed by atoms with Gasteiger partial charge in [0.25, 0.3) is 0 Å². The summed E-state index contributed by atoms with van der Waals surface area (Å²) in [5, 5.41) is 17.9. The van der Waals surface area contributed by atoms with E-state index in [2.05, 4.69) is 25.2 Å². The maximum absolute atomic E-state index is 14.9. The van der Waals surface area contributed by atoms with Crippen LogP contribution in [0.3, 0.4) is 0 Å². The number of benzene rings is 1. The Labute approximate surface area is 176 Å². The molecule has 2 aromatic heterocycles. The number of carbonyl (C=O) groups is 1. The molecule has 2 aliphatic heterocycles. The number of nitrogens with one attached hydrogen (secondary N) is 1. The van der Waals surface area contributed by atoms with E-state index in [1.165, 1.54) is 15.8 Å². The van der Waals surface area contributed by atoms with Gasteiger partial charge in [0.2, 0.25) is 0 Å². The van der Waals surface area contributed by atoms with E-state index in [0.29, 0.717) is 36.7 Å². The van der Waals surface area contributed by atoms with Crippen LogP contribution in [-0.4, -0.2) is 55.5 Å². The minimum atomic E-state index is -0.605. The summed E-state index contributed by atoms with van der Waals surface area (Å²) in [5.41, 5.74) is 2.43. The van der Waals surface area contributed by atoms with E-state index >= 15 is 0 Å². The van der Waals surface area contributed by atoms with E-state index in [1.807, 2.05) is 11.6 Å². The molecule has 3 aromatic rings. The van der Waals surface area contributed by atoms with Crippen LogP contribution in [0, 0.1) is 5.82 Å². The van der Waals surface area contributed by atoms with Crippen LogP contribution in [0.2, 0.25) is 0 Å². The molecule has 1 saturated heterocycles. The SMILES string of the molecule is CC[n+]1nn(C)nc1N1Cc2nc(-c3ccc(N4CC(CO)OC4=O)cc3F)[nH]c2C1. The molecule has 2 aliphatic rings. The van der Waals surface area contributed by atoms with Crippen molar-refractivity contribution >= 4 is 17.7 Å². The summed E-state index contributed by atoms with van der Waals surface area (Å²) >= 11 is 0. The monoisotopic (exact) mass is 429 g/mol. The maximum Gasteiger partial charge on any atom is 0.414 e. The number of cyclic esters (lactones) is 1. The van der Waals surface area contributed by atoms with Crippen molar-refractivity contribution in [2.24, 2.45) is 7.05 Å². The minimum Gasteiger partial charge on any atom is -0.441 e. The Balaban J connectivity index is 1.36. The number of aliphatic hydroxyl groups excluding tert-OH is 1.